The highest BCUT2D eigenvalue weighted by molar-refractivity contribution is 5.88. The van der Waals surface area contributed by atoms with E-state index < -0.39 is 11.9 Å². The van der Waals surface area contributed by atoms with Crippen LogP contribution in [0, 0.1) is 11.7 Å². The second-order valence-electron chi connectivity index (χ2n) is 8.47. The van der Waals surface area contributed by atoms with Crippen LogP contribution in [0.5, 0.6) is 0 Å². The average molecular weight is 484 g/mol. The van der Waals surface area contributed by atoms with Crippen LogP contribution in [0.1, 0.15) is 38.3 Å². The molecular weight excluding hydrogens is 453 g/mol. The molecule has 3 aromatic rings. The summed E-state index contributed by atoms with van der Waals surface area (Å²) in [5.41, 5.74) is 1.16. The van der Waals surface area contributed by atoms with E-state index in [2.05, 4.69) is 39.6 Å². The second-order valence-corrected chi connectivity index (χ2v) is 8.47. The Labute approximate surface area is 203 Å². The van der Waals surface area contributed by atoms with E-state index in [4.69, 9.17) is 0 Å². The van der Waals surface area contributed by atoms with Crippen molar-refractivity contribution in [3.63, 3.8) is 0 Å². The zero-order valence-electron chi connectivity index (χ0n) is 19.8. The number of aliphatic hydroxyl groups excluding tert-OH is 1. The lowest BCUT2D eigenvalue weighted by molar-refractivity contribution is -0.142. The molecule has 0 radical (unpaired) electrons. The first-order valence-corrected chi connectivity index (χ1v) is 11.5. The van der Waals surface area contributed by atoms with E-state index >= 15 is 0 Å². The number of amides is 2. The quantitative estimate of drug-likeness (QED) is 0.403. The van der Waals surface area contributed by atoms with Crippen LogP contribution in [0.2, 0.25) is 0 Å². The maximum Gasteiger partial charge on any atom is 0.247 e. The molecular formula is C24H30FN7O3. The number of aliphatic hydroxyl groups is 1. The van der Waals surface area contributed by atoms with Gasteiger partial charge in [0.05, 0.1) is 0 Å². The first-order valence-electron chi connectivity index (χ1n) is 11.5. The highest BCUT2D eigenvalue weighted by atomic mass is 19.1. The molecule has 2 heterocycles. The van der Waals surface area contributed by atoms with E-state index in [-0.39, 0.29) is 43.7 Å². The van der Waals surface area contributed by atoms with Crippen molar-refractivity contribution in [3.8, 4) is 11.4 Å². The number of carbonyl (C=O) groups is 2. The van der Waals surface area contributed by atoms with Gasteiger partial charge in [-0.05, 0) is 65.9 Å². The van der Waals surface area contributed by atoms with Crippen LogP contribution in [0.4, 0.5) is 4.39 Å². The lowest BCUT2D eigenvalue weighted by Gasteiger charge is -2.31. The van der Waals surface area contributed by atoms with Crippen molar-refractivity contribution in [2.75, 3.05) is 19.7 Å². The lowest BCUT2D eigenvalue weighted by atomic mass is 10.0. The predicted octanol–water partition coefficient (Wildman–Crippen LogP) is 1.99. The van der Waals surface area contributed by atoms with Crippen molar-refractivity contribution in [2.24, 2.45) is 5.92 Å². The number of carbonyl (C=O) groups excluding carboxylic acids is 2. The molecule has 2 N–H and O–H groups in total. The summed E-state index contributed by atoms with van der Waals surface area (Å²) in [4.78, 5) is 33.2. The van der Waals surface area contributed by atoms with Crippen molar-refractivity contribution in [3.05, 3.63) is 60.2 Å². The second kappa shape index (κ2) is 12.7. The fraction of sp³-hybridized carbons (Fsp3) is 0.417. The van der Waals surface area contributed by atoms with Crippen molar-refractivity contribution >= 4 is 11.8 Å². The molecule has 0 saturated carbocycles. The summed E-state index contributed by atoms with van der Waals surface area (Å²) in [6.07, 6.45) is 4.21. The number of hydrogen-bond donors (Lipinski definition) is 2. The van der Waals surface area contributed by atoms with Crippen LogP contribution in [-0.4, -0.2) is 66.7 Å². The van der Waals surface area contributed by atoms with Gasteiger partial charge in [-0.15, -0.1) is 10.2 Å². The number of hydrogen-bond acceptors (Lipinski definition) is 7. The van der Waals surface area contributed by atoms with Gasteiger partial charge in [-0.25, -0.2) is 4.39 Å². The molecule has 1 atom stereocenters. The van der Waals surface area contributed by atoms with Gasteiger partial charge in [-0.2, -0.15) is 4.80 Å². The third-order valence-corrected chi connectivity index (χ3v) is 5.31. The Morgan fingerprint density at radius 3 is 2.51 bits per heavy atom. The zero-order valence-corrected chi connectivity index (χ0v) is 19.8. The summed E-state index contributed by atoms with van der Waals surface area (Å²) in [7, 11) is 0. The number of nitrogens with zero attached hydrogens (tertiary/aromatic N) is 6. The standard InChI is InChI=1S/C24H30FN7O3/c1-17(2)8-13-27-24(35)22(18-9-11-26-12-10-18)31(14-3-15-33)21(34)16-32-29-23(28-30-32)19-4-6-20(25)7-5-19/h4-7,9-12,17,22,33H,3,8,13-16H2,1-2H3,(H,27,35). The average Bonchev–Trinajstić information content (AvgIpc) is 3.30. The topological polar surface area (TPSA) is 126 Å². The number of rotatable bonds is 12. The van der Waals surface area contributed by atoms with E-state index in [1.807, 2.05) is 0 Å². The minimum atomic E-state index is -0.913. The highest BCUT2D eigenvalue weighted by Gasteiger charge is 2.31. The summed E-state index contributed by atoms with van der Waals surface area (Å²) in [5, 5.41) is 24.4. The smallest absolute Gasteiger partial charge is 0.247 e. The molecule has 3 rings (SSSR count). The molecule has 186 valence electrons. The van der Waals surface area contributed by atoms with Crippen LogP contribution < -0.4 is 5.32 Å². The Balaban J connectivity index is 1.83. The summed E-state index contributed by atoms with van der Waals surface area (Å²) in [6, 6.07) is 8.08. The molecule has 0 spiro atoms. The number of aromatic nitrogens is 5. The molecule has 0 fully saturated rings. The number of benzene rings is 1. The molecule has 0 aliphatic heterocycles. The fourth-order valence-electron chi connectivity index (χ4n) is 3.47. The van der Waals surface area contributed by atoms with Gasteiger partial charge in [0.2, 0.25) is 17.6 Å². The molecule has 2 aromatic heterocycles. The first kappa shape index (κ1) is 25.9. The highest BCUT2D eigenvalue weighted by Crippen LogP contribution is 2.22. The van der Waals surface area contributed by atoms with Gasteiger partial charge in [0, 0.05) is 37.7 Å². The molecule has 35 heavy (non-hydrogen) atoms. The van der Waals surface area contributed by atoms with Crippen molar-refractivity contribution in [2.45, 2.75) is 39.3 Å². The third-order valence-electron chi connectivity index (χ3n) is 5.31. The molecule has 2 amide bonds. The van der Waals surface area contributed by atoms with Crippen LogP contribution in [0.15, 0.2) is 48.8 Å². The zero-order chi connectivity index (χ0) is 25.2. The van der Waals surface area contributed by atoms with Crippen molar-refractivity contribution < 1.29 is 19.1 Å². The van der Waals surface area contributed by atoms with Crippen LogP contribution in [0.25, 0.3) is 11.4 Å². The van der Waals surface area contributed by atoms with E-state index in [9.17, 15) is 19.1 Å². The Bertz CT molecular complexity index is 1090. The number of halogens is 1. The van der Waals surface area contributed by atoms with E-state index in [1.54, 1.807) is 24.5 Å². The van der Waals surface area contributed by atoms with Gasteiger partial charge in [0.1, 0.15) is 18.4 Å². The molecule has 1 unspecified atom stereocenters. The molecule has 0 saturated heterocycles. The lowest BCUT2D eigenvalue weighted by Crippen LogP contribution is -2.46. The normalized spacial score (nSPS) is 11.9. The van der Waals surface area contributed by atoms with Gasteiger partial charge in [0.25, 0.3) is 0 Å². The SMILES string of the molecule is CC(C)CCNC(=O)C(c1ccncc1)N(CCCO)C(=O)Cn1nnc(-c2ccc(F)cc2)n1. The summed E-state index contributed by atoms with van der Waals surface area (Å²) in [6.45, 7) is 4.35. The minimum Gasteiger partial charge on any atom is -0.396 e. The van der Waals surface area contributed by atoms with Crippen LogP contribution >= 0.6 is 0 Å². The van der Waals surface area contributed by atoms with Crippen molar-refractivity contribution in [1.82, 2.24) is 35.4 Å². The molecule has 10 nitrogen and oxygen atoms in total. The van der Waals surface area contributed by atoms with Crippen LogP contribution in [-0.2, 0) is 16.1 Å². The summed E-state index contributed by atoms with van der Waals surface area (Å²) in [5.74, 6) is -0.457. The largest absolute Gasteiger partial charge is 0.396 e. The first-order chi connectivity index (χ1) is 16.9. The molecule has 11 heteroatoms. The summed E-state index contributed by atoms with van der Waals surface area (Å²) < 4.78 is 13.2. The van der Waals surface area contributed by atoms with Gasteiger partial charge < -0.3 is 15.3 Å². The van der Waals surface area contributed by atoms with Gasteiger partial charge in [-0.3, -0.25) is 14.6 Å². The Kier molecular flexibility index (Phi) is 9.36. The Morgan fingerprint density at radius 1 is 1.14 bits per heavy atom. The van der Waals surface area contributed by atoms with Gasteiger partial charge in [-0.1, -0.05) is 13.8 Å². The maximum absolute atomic E-state index is 13.4. The number of nitrogens with one attached hydrogen (secondary N) is 1. The molecule has 0 bridgehead atoms. The predicted molar refractivity (Wildman–Crippen MR) is 126 cm³/mol. The van der Waals surface area contributed by atoms with Crippen LogP contribution in [0.3, 0.4) is 0 Å². The monoisotopic (exact) mass is 483 g/mol. The number of tetrazole rings is 1. The molecule has 0 aliphatic carbocycles. The van der Waals surface area contributed by atoms with E-state index in [0.29, 0.717) is 23.6 Å². The minimum absolute atomic E-state index is 0.141. The van der Waals surface area contributed by atoms with Crippen molar-refractivity contribution in [1.29, 1.82) is 0 Å². The Morgan fingerprint density at radius 2 is 1.86 bits per heavy atom. The van der Waals surface area contributed by atoms with E-state index in [1.165, 1.54) is 29.2 Å². The molecule has 0 aliphatic rings. The van der Waals surface area contributed by atoms with Gasteiger partial charge in [0.15, 0.2) is 0 Å². The fourth-order valence-corrected chi connectivity index (χ4v) is 3.47. The third kappa shape index (κ3) is 7.38. The van der Waals surface area contributed by atoms with E-state index in [0.717, 1.165) is 11.2 Å². The summed E-state index contributed by atoms with van der Waals surface area (Å²) >= 11 is 0. The molecule has 1 aromatic carbocycles. The Hall–Kier alpha value is -3.73. The number of pyridine rings is 1. The maximum atomic E-state index is 13.4. The van der Waals surface area contributed by atoms with Gasteiger partial charge >= 0.3 is 0 Å².